The smallest absolute Gasteiger partial charge is 0.0643 e. The zero-order valence-corrected chi connectivity index (χ0v) is 9.91. The zero-order chi connectivity index (χ0) is 14.7. The molecule has 0 aliphatic carbocycles. The predicted octanol–water partition coefficient (Wildman–Crippen LogP) is -2.28. The third kappa shape index (κ3) is 11.6. The van der Waals surface area contributed by atoms with Crippen LogP contribution in [0.25, 0.3) is 6.08 Å². The van der Waals surface area contributed by atoms with Gasteiger partial charge in [0.25, 0.3) is 0 Å². The summed E-state index contributed by atoms with van der Waals surface area (Å²) in [6.07, 6.45) is 1.56. The van der Waals surface area contributed by atoms with E-state index in [2.05, 4.69) is 0 Å². The van der Waals surface area contributed by atoms with Gasteiger partial charge in [0.1, 0.15) is 0 Å². The Kier molecular flexibility index (Phi) is 8.10. The Morgan fingerprint density at radius 1 is 0.895 bits per heavy atom. The van der Waals surface area contributed by atoms with Gasteiger partial charge in [-0.25, -0.2) is 0 Å². The minimum absolute atomic E-state index is 0.470. The van der Waals surface area contributed by atoms with E-state index in [1.54, 1.807) is 0 Å². The summed E-state index contributed by atoms with van der Waals surface area (Å²) in [5.41, 5.74) is 0.858. The monoisotopic (exact) mass is 263 g/mol. The number of carboxylic acids is 3. The van der Waals surface area contributed by atoms with Gasteiger partial charge in [-0.1, -0.05) is 36.4 Å². The van der Waals surface area contributed by atoms with E-state index in [-0.39, 0.29) is 0 Å². The Morgan fingerprint density at radius 3 is 1.74 bits per heavy atom. The first-order valence-electron chi connectivity index (χ1n) is 5.25. The van der Waals surface area contributed by atoms with Crippen LogP contribution in [0.1, 0.15) is 18.4 Å². The Hall–Kier alpha value is -2.63. The van der Waals surface area contributed by atoms with Crippen LogP contribution in [-0.4, -0.2) is 17.9 Å². The normalized spacial score (nSPS) is 9.47. The van der Waals surface area contributed by atoms with E-state index in [1.807, 2.05) is 30.3 Å². The molecule has 6 heteroatoms. The van der Waals surface area contributed by atoms with Gasteiger partial charge in [0, 0.05) is 11.9 Å². The Morgan fingerprint density at radius 2 is 1.37 bits per heavy atom. The minimum atomic E-state index is -1.37. The van der Waals surface area contributed by atoms with Gasteiger partial charge in [-0.05, 0) is 24.5 Å². The molecule has 0 bridgehead atoms. The molecule has 6 nitrogen and oxygen atoms in total. The van der Waals surface area contributed by atoms with Crippen molar-refractivity contribution in [1.29, 1.82) is 0 Å². The average molecular weight is 263 g/mol. The topological polar surface area (TPSA) is 120 Å². The number of carboxylic acid groups (broad SMARTS) is 3. The molecule has 0 amide bonds. The van der Waals surface area contributed by atoms with Crippen molar-refractivity contribution in [3.63, 3.8) is 0 Å². The van der Waals surface area contributed by atoms with Crippen LogP contribution in [0.2, 0.25) is 0 Å². The molecule has 0 radical (unpaired) electrons. The number of carbonyl (C=O) groups excluding carboxylic acids is 3. The molecule has 0 unspecified atom stereocenters. The van der Waals surface area contributed by atoms with Gasteiger partial charge in [-0.3, -0.25) is 0 Å². The maximum atomic E-state index is 9.97. The molecule has 0 aliphatic rings. The molecule has 0 saturated heterocycles. The van der Waals surface area contributed by atoms with E-state index in [9.17, 15) is 29.7 Å². The highest BCUT2D eigenvalue weighted by molar-refractivity contribution is 5.83. The van der Waals surface area contributed by atoms with Gasteiger partial charge in [0.2, 0.25) is 0 Å². The summed E-state index contributed by atoms with van der Waals surface area (Å²) < 4.78 is 0. The summed E-state index contributed by atoms with van der Waals surface area (Å²) in [6.45, 7) is 0. The van der Waals surface area contributed by atoms with Crippen molar-refractivity contribution in [3.05, 3.63) is 42.0 Å². The minimum Gasteiger partial charge on any atom is -0.550 e. The van der Waals surface area contributed by atoms with E-state index >= 15 is 0 Å². The lowest BCUT2D eigenvalue weighted by atomic mass is 10.2. The summed E-state index contributed by atoms with van der Waals surface area (Å²) in [7, 11) is 0. The van der Waals surface area contributed by atoms with E-state index in [4.69, 9.17) is 0 Å². The lowest BCUT2D eigenvalue weighted by Gasteiger charge is -2.00. The van der Waals surface area contributed by atoms with E-state index < -0.39 is 30.7 Å². The molecule has 1 rings (SSSR count). The molecule has 1 aromatic carbocycles. The molecule has 0 aromatic heterocycles. The van der Waals surface area contributed by atoms with Crippen molar-refractivity contribution >= 4 is 24.0 Å². The number of hydrogen-bond acceptors (Lipinski definition) is 6. The standard InChI is InChI=1S/C9H8O2.C4H6O4/c10-9(11)7-6-8-4-2-1-3-5-8;5-3(6)1-2-4(7)8/h1-7H,(H,10,11);1-2H2,(H,5,6)(H,7,8)/p-3/b7-6+;. The van der Waals surface area contributed by atoms with Gasteiger partial charge >= 0.3 is 0 Å². The molecule has 0 saturated carbocycles. The molecule has 0 heterocycles. The largest absolute Gasteiger partial charge is 0.550 e. The summed E-state index contributed by atoms with van der Waals surface area (Å²) in [5, 5.41) is 29.0. The molecule has 0 N–H and O–H groups in total. The van der Waals surface area contributed by atoms with Crippen LogP contribution in [0.15, 0.2) is 36.4 Å². The van der Waals surface area contributed by atoms with E-state index in [0.29, 0.717) is 0 Å². The lowest BCUT2D eigenvalue weighted by Crippen LogP contribution is -2.27. The van der Waals surface area contributed by atoms with Crippen LogP contribution in [0.4, 0.5) is 0 Å². The second-order valence-electron chi connectivity index (χ2n) is 3.31. The quantitative estimate of drug-likeness (QED) is 0.551. The van der Waals surface area contributed by atoms with Gasteiger partial charge in [0.05, 0.1) is 5.97 Å². The van der Waals surface area contributed by atoms with E-state index in [0.717, 1.165) is 11.6 Å². The van der Waals surface area contributed by atoms with E-state index in [1.165, 1.54) is 6.08 Å². The zero-order valence-electron chi connectivity index (χ0n) is 9.91. The molecule has 0 aliphatic heterocycles. The van der Waals surface area contributed by atoms with Crippen molar-refractivity contribution < 1.29 is 29.7 Å². The van der Waals surface area contributed by atoms with Crippen LogP contribution in [0, 0.1) is 0 Å². The van der Waals surface area contributed by atoms with Crippen molar-refractivity contribution in [2.45, 2.75) is 12.8 Å². The Labute approximate surface area is 109 Å². The van der Waals surface area contributed by atoms with Crippen molar-refractivity contribution in [3.8, 4) is 0 Å². The third-order valence-electron chi connectivity index (χ3n) is 1.74. The third-order valence-corrected chi connectivity index (χ3v) is 1.74. The first-order chi connectivity index (χ1) is 8.91. The van der Waals surface area contributed by atoms with Crippen LogP contribution in [0.5, 0.6) is 0 Å². The number of rotatable bonds is 5. The van der Waals surface area contributed by atoms with Crippen molar-refractivity contribution in [1.82, 2.24) is 0 Å². The highest BCUT2D eigenvalue weighted by Gasteiger charge is 1.85. The fourth-order valence-corrected chi connectivity index (χ4v) is 0.933. The first-order valence-corrected chi connectivity index (χ1v) is 5.25. The number of aliphatic carboxylic acids is 3. The first kappa shape index (κ1) is 16.4. The van der Waals surface area contributed by atoms with Crippen molar-refractivity contribution in [2.24, 2.45) is 0 Å². The SMILES string of the molecule is O=C([O-])/C=C/c1ccccc1.O=C([O-])CCC(=O)[O-]. The highest BCUT2D eigenvalue weighted by Crippen LogP contribution is 1.99. The molecular formula is C13H11O6-3. The summed E-state index contributed by atoms with van der Waals surface area (Å²) in [4.78, 5) is 29.0. The van der Waals surface area contributed by atoms with Gasteiger partial charge in [-0.15, -0.1) is 0 Å². The summed E-state index contributed by atoms with van der Waals surface area (Å²) in [5.74, 6) is -3.91. The van der Waals surface area contributed by atoms with Gasteiger partial charge < -0.3 is 29.7 Å². The molecule has 19 heavy (non-hydrogen) atoms. The molecule has 0 atom stereocenters. The second kappa shape index (κ2) is 9.41. The Balaban J connectivity index is 0.000000362. The van der Waals surface area contributed by atoms with Gasteiger partial charge in [0.15, 0.2) is 0 Å². The molecular weight excluding hydrogens is 252 g/mol. The molecule has 102 valence electrons. The lowest BCUT2D eigenvalue weighted by molar-refractivity contribution is -0.315. The van der Waals surface area contributed by atoms with Crippen LogP contribution in [0.3, 0.4) is 0 Å². The maximum absolute atomic E-state index is 9.97. The second-order valence-corrected chi connectivity index (χ2v) is 3.31. The number of benzene rings is 1. The fraction of sp³-hybridized carbons (Fsp3) is 0.154. The molecule has 1 aromatic rings. The van der Waals surface area contributed by atoms with Crippen molar-refractivity contribution in [2.75, 3.05) is 0 Å². The molecule has 0 fully saturated rings. The maximum Gasteiger partial charge on any atom is 0.0643 e. The predicted molar refractivity (Wildman–Crippen MR) is 59.7 cm³/mol. The number of hydrogen-bond donors (Lipinski definition) is 0. The van der Waals surface area contributed by atoms with Gasteiger partial charge in [-0.2, -0.15) is 0 Å². The number of carbonyl (C=O) groups is 3. The summed E-state index contributed by atoms with van der Waals surface area (Å²) >= 11 is 0. The average Bonchev–Trinajstić information content (AvgIpc) is 2.36. The summed E-state index contributed by atoms with van der Waals surface area (Å²) in [6, 6.07) is 9.19. The van der Waals surface area contributed by atoms with Crippen LogP contribution < -0.4 is 15.3 Å². The highest BCUT2D eigenvalue weighted by atomic mass is 16.4. The molecule has 0 spiro atoms. The Bertz CT molecular complexity index is 435. The van der Waals surface area contributed by atoms with Crippen LogP contribution >= 0.6 is 0 Å². The fourth-order valence-electron chi connectivity index (χ4n) is 0.933. The van der Waals surface area contributed by atoms with Crippen LogP contribution in [-0.2, 0) is 14.4 Å².